The highest BCUT2D eigenvalue weighted by Crippen LogP contribution is 2.42. The Labute approximate surface area is 105 Å². The van der Waals surface area contributed by atoms with E-state index in [4.69, 9.17) is 0 Å². The topological polar surface area (TPSA) is 32.3 Å². The molecule has 1 aliphatic carbocycles. The molecule has 2 unspecified atom stereocenters. The van der Waals surface area contributed by atoms with Gasteiger partial charge in [-0.15, -0.1) is 0 Å². The summed E-state index contributed by atoms with van der Waals surface area (Å²) in [5.74, 6) is 0.428. The van der Waals surface area contributed by atoms with E-state index in [1.54, 1.807) is 0 Å². The van der Waals surface area contributed by atoms with Crippen molar-refractivity contribution in [3.8, 4) is 0 Å². The molecule has 1 saturated carbocycles. The van der Waals surface area contributed by atoms with Gasteiger partial charge < -0.3 is 10.2 Å². The molecule has 0 aromatic rings. The molecule has 3 heteroatoms. The minimum absolute atomic E-state index is 0.0171. The van der Waals surface area contributed by atoms with E-state index in [9.17, 15) is 4.79 Å². The van der Waals surface area contributed by atoms with Gasteiger partial charge in [0.2, 0.25) is 5.91 Å². The first-order valence-electron chi connectivity index (χ1n) is 7.13. The van der Waals surface area contributed by atoms with Gasteiger partial charge in [0.1, 0.15) is 0 Å². The summed E-state index contributed by atoms with van der Waals surface area (Å²) in [4.78, 5) is 14.9. The number of amides is 1. The Morgan fingerprint density at radius 3 is 2.24 bits per heavy atom. The smallest absolute Gasteiger partial charge is 0.228 e. The highest BCUT2D eigenvalue weighted by molar-refractivity contribution is 5.83. The summed E-state index contributed by atoms with van der Waals surface area (Å²) in [5.41, 5.74) is -0.0171. The minimum Gasteiger partial charge on any atom is -0.339 e. The standard InChI is InChI=1S/C14H26N2O/c1-4-14(7-5-6-8-14)13(17)16-9-11(2)15-12(3)10-16/h11-12,15H,4-10H2,1-3H3. The molecule has 0 radical (unpaired) electrons. The van der Waals surface area contributed by atoms with Crippen LogP contribution in [0, 0.1) is 5.41 Å². The lowest BCUT2D eigenvalue weighted by Gasteiger charge is -2.41. The van der Waals surface area contributed by atoms with E-state index >= 15 is 0 Å². The molecule has 2 atom stereocenters. The van der Waals surface area contributed by atoms with Crippen molar-refractivity contribution < 1.29 is 4.79 Å². The van der Waals surface area contributed by atoms with Crippen LogP contribution in [-0.4, -0.2) is 36.0 Å². The molecule has 1 aliphatic heterocycles. The van der Waals surface area contributed by atoms with Crippen LogP contribution < -0.4 is 5.32 Å². The molecule has 2 fully saturated rings. The Balaban J connectivity index is 2.08. The van der Waals surface area contributed by atoms with Gasteiger partial charge in [-0.1, -0.05) is 19.8 Å². The van der Waals surface area contributed by atoms with E-state index < -0.39 is 0 Å². The van der Waals surface area contributed by atoms with Gasteiger partial charge >= 0.3 is 0 Å². The molecule has 2 aliphatic rings. The first-order chi connectivity index (χ1) is 8.07. The lowest BCUT2D eigenvalue weighted by molar-refractivity contribution is -0.144. The van der Waals surface area contributed by atoms with Crippen molar-refractivity contribution in [3.05, 3.63) is 0 Å². The third-order valence-corrected chi connectivity index (χ3v) is 4.54. The molecule has 0 aromatic heterocycles. The molecule has 98 valence electrons. The van der Waals surface area contributed by atoms with Crippen LogP contribution in [0.3, 0.4) is 0 Å². The Bertz CT molecular complexity index is 274. The van der Waals surface area contributed by atoms with Crippen LogP contribution in [0.25, 0.3) is 0 Å². The Morgan fingerprint density at radius 2 is 1.76 bits per heavy atom. The van der Waals surface area contributed by atoms with Gasteiger partial charge in [0, 0.05) is 30.6 Å². The molecule has 0 spiro atoms. The van der Waals surface area contributed by atoms with Crippen molar-refractivity contribution in [2.45, 2.75) is 65.0 Å². The van der Waals surface area contributed by atoms with Gasteiger partial charge in [-0.2, -0.15) is 0 Å². The van der Waals surface area contributed by atoms with Crippen LogP contribution in [0.5, 0.6) is 0 Å². The summed E-state index contributed by atoms with van der Waals surface area (Å²) in [5, 5.41) is 3.49. The van der Waals surface area contributed by atoms with Crippen molar-refractivity contribution in [3.63, 3.8) is 0 Å². The third-order valence-electron chi connectivity index (χ3n) is 4.54. The Hall–Kier alpha value is -0.570. The fraction of sp³-hybridized carbons (Fsp3) is 0.929. The van der Waals surface area contributed by atoms with Gasteiger partial charge in [-0.05, 0) is 33.1 Å². The van der Waals surface area contributed by atoms with E-state index in [-0.39, 0.29) is 5.41 Å². The maximum atomic E-state index is 12.7. The third kappa shape index (κ3) is 2.49. The predicted octanol–water partition coefficient (Wildman–Crippen LogP) is 2.17. The number of piperazine rings is 1. The molecule has 1 N–H and O–H groups in total. The zero-order valence-corrected chi connectivity index (χ0v) is 11.5. The summed E-state index contributed by atoms with van der Waals surface area (Å²) in [7, 11) is 0. The van der Waals surface area contributed by atoms with E-state index in [1.807, 2.05) is 0 Å². The first kappa shape index (κ1) is 12.9. The summed E-state index contributed by atoms with van der Waals surface area (Å²) in [6.45, 7) is 8.28. The van der Waals surface area contributed by atoms with Crippen molar-refractivity contribution >= 4 is 5.91 Å². The summed E-state index contributed by atoms with van der Waals surface area (Å²) >= 11 is 0. The van der Waals surface area contributed by atoms with E-state index in [2.05, 4.69) is 31.0 Å². The number of hydrogen-bond acceptors (Lipinski definition) is 2. The summed E-state index contributed by atoms with van der Waals surface area (Å²) in [6, 6.07) is 0.857. The highest BCUT2D eigenvalue weighted by Gasteiger charge is 2.42. The fourth-order valence-corrected chi connectivity index (χ4v) is 3.60. The minimum atomic E-state index is -0.0171. The second-order valence-corrected chi connectivity index (χ2v) is 6.02. The van der Waals surface area contributed by atoms with Crippen LogP contribution in [0.15, 0.2) is 0 Å². The van der Waals surface area contributed by atoms with Gasteiger partial charge in [-0.25, -0.2) is 0 Å². The van der Waals surface area contributed by atoms with Crippen LogP contribution in [0.1, 0.15) is 52.9 Å². The maximum absolute atomic E-state index is 12.7. The van der Waals surface area contributed by atoms with Gasteiger partial charge in [0.15, 0.2) is 0 Å². The lowest BCUT2D eigenvalue weighted by atomic mass is 9.81. The van der Waals surface area contributed by atoms with Crippen molar-refractivity contribution in [1.29, 1.82) is 0 Å². The van der Waals surface area contributed by atoms with Crippen LogP contribution in [0.4, 0.5) is 0 Å². The lowest BCUT2D eigenvalue weighted by Crippen LogP contribution is -2.58. The zero-order chi connectivity index (χ0) is 12.5. The summed E-state index contributed by atoms with van der Waals surface area (Å²) < 4.78 is 0. The quantitative estimate of drug-likeness (QED) is 0.799. The average molecular weight is 238 g/mol. The fourth-order valence-electron chi connectivity index (χ4n) is 3.60. The number of nitrogens with one attached hydrogen (secondary N) is 1. The summed E-state index contributed by atoms with van der Waals surface area (Å²) in [6.07, 6.45) is 5.69. The van der Waals surface area contributed by atoms with E-state index in [0.29, 0.717) is 18.0 Å². The molecule has 1 amide bonds. The van der Waals surface area contributed by atoms with Crippen molar-refractivity contribution in [1.82, 2.24) is 10.2 Å². The van der Waals surface area contributed by atoms with Gasteiger partial charge in [0.05, 0.1) is 0 Å². The predicted molar refractivity (Wildman–Crippen MR) is 69.8 cm³/mol. The SMILES string of the molecule is CCC1(C(=O)N2CC(C)NC(C)C2)CCCC1. The van der Waals surface area contributed by atoms with E-state index in [1.165, 1.54) is 12.8 Å². The molecule has 17 heavy (non-hydrogen) atoms. The molecular weight excluding hydrogens is 212 g/mol. The normalized spacial score (nSPS) is 32.8. The van der Waals surface area contributed by atoms with Crippen LogP contribution in [0.2, 0.25) is 0 Å². The number of carbonyl (C=O) groups excluding carboxylic acids is 1. The zero-order valence-electron chi connectivity index (χ0n) is 11.5. The second kappa shape index (κ2) is 4.97. The highest BCUT2D eigenvalue weighted by atomic mass is 16.2. The number of rotatable bonds is 2. The molecule has 2 rings (SSSR count). The second-order valence-electron chi connectivity index (χ2n) is 6.02. The first-order valence-corrected chi connectivity index (χ1v) is 7.13. The van der Waals surface area contributed by atoms with Crippen LogP contribution >= 0.6 is 0 Å². The molecule has 0 aromatic carbocycles. The van der Waals surface area contributed by atoms with Gasteiger partial charge in [0.25, 0.3) is 0 Å². The maximum Gasteiger partial charge on any atom is 0.228 e. The Morgan fingerprint density at radius 1 is 1.24 bits per heavy atom. The number of nitrogens with zero attached hydrogens (tertiary/aromatic N) is 1. The van der Waals surface area contributed by atoms with Gasteiger partial charge in [-0.3, -0.25) is 4.79 Å². The van der Waals surface area contributed by atoms with E-state index in [0.717, 1.165) is 32.4 Å². The molecular formula is C14H26N2O. The average Bonchev–Trinajstić information content (AvgIpc) is 2.76. The number of carbonyl (C=O) groups is 1. The van der Waals surface area contributed by atoms with Crippen LogP contribution in [-0.2, 0) is 4.79 Å². The molecule has 3 nitrogen and oxygen atoms in total. The van der Waals surface area contributed by atoms with Crippen molar-refractivity contribution in [2.75, 3.05) is 13.1 Å². The Kier molecular flexibility index (Phi) is 3.76. The molecule has 1 heterocycles. The largest absolute Gasteiger partial charge is 0.339 e. The molecule has 1 saturated heterocycles. The number of hydrogen-bond donors (Lipinski definition) is 1. The van der Waals surface area contributed by atoms with Crippen molar-refractivity contribution in [2.24, 2.45) is 5.41 Å². The monoisotopic (exact) mass is 238 g/mol. The molecule has 0 bridgehead atoms.